The predicted molar refractivity (Wildman–Crippen MR) is 150 cm³/mol. The molecule has 0 aliphatic heterocycles. The lowest BCUT2D eigenvalue weighted by Gasteiger charge is -2.13. The van der Waals surface area contributed by atoms with Crippen molar-refractivity contribution in [1.82, 2.24) is 15.0 Å². The number of nitro groups is 1. The van der Waals surface area contributed by atoms with Crippen LogP contribution in [0, 0.1) is 24.0 Å². The number of aromatic nitrogens is 3. The quantitative estimate of drug-likeness (QED) is 0.0845. The highest BCUT2D eigenvalue weighted by Crippen LogP contribution is 2.30. The number of nitrogens with one attached hydrogen (secondary N) is 1. The summed E-state index contributed by atoms with van der Waals surface area (Å²) in [5.41, 5.74) is 4.68. The van der Waals surface area contributed by atoms with Crippen molar-refractivity contribution in [1.29, 1.82) is 0 Å². The highest BCUT2D eigenvalue weighted by Gasteiger charge is 2.22. The van der Waals surface area contributed by atoms with E-state index in [0.717, 1.165) is 11.1 Å². The van der Waals surface area contributed by atoms with Gasteiger partial charge in [-0.25, -0.2) is 4.79 Å². The molecule has 0 saturated heterocycles. The third-order valence-electron chi connectivity index (χ3n) is 6.39. The number of esters is 1. The summed E-state index contributed by atoms with van der Waals surface area (Å²) < 4.78 is 24.2. The second-order valence-corrected chi connectivity index (χ2v) is 10.4. The summed E-state index contributed by atoms with van der Waals surface area (Å²) in [5, 5.41) is 11.5. The minimum atomic E-state index is -1.51. The number of nitrogens with zero attached hydrogens (tertiary/aromatic N) is 3. The van der Waals surface area contributed by atoms with Crippen molar-refractivity contribution >= 4 is 33.9 Å². The third kappa shape index (κ3) is 5.37. The molecule has 0 radical (unpaired) electrons. The molecule has 1 N–H and O–H groups in total. The average molecular weight is 557 g/mol. The zero-order chi connectivity index (χ0) is 28.4. The van der Waals surface area contributed by atoms with Crippen LogP contribution in [0.3, 0.4) is 0 Å². The van der Waals surface area contributed by atoms with Crippen LogP contribution in [0.5, 0.6) is 11.5 Å². The fourth-order valence-corrected chi connectivity index (χ4v) is 5.50. The van der Waals surface area contributed by atoms with E-state index in [9.17, 15) is 19.5 Å². The second kappa shape index (κ2) is 11.2. The Hall–Kier alpha value is -4.74. The first-order valence-electron chi connectivity index (χ1n) is 12.2. The molecule has 0 aliphatic rings. The number of benzene rings is 3. The Morgan fingerprint density at radius 1 is 1.07 bits per heavy atom. The Bertz CT molecular complexity index is 1750. The summed E-state index contributed by atoms with van der Waals surface area (Å²) in [6.07, 6.45) is 1.69. The topological polar surface area (TPSA) is 143 Å². The van der Waals surface area contributed by atoms with Gasteiger partial charge in [0.15, 0.2) is 5.75 Å². The van der Waals surface area contributed by atoms with Crippen LogP contribution < -0.4 is 9.47 Å². The molecule has 5 rings (SSSR count). The smallest absolute Gasteiger partial charge is 0.344 e. The first-order chi connectivity index (χ1) is 19.2. The molecule has 3 aromatic carbocycles. The minimum Gasteiger partial charge on any atom is -0.609 e. The molecule has 2 aromatic heterocycles. The van der Waals surface area contributed by atoms with E-state index in [2.05, 4.69) is 15.0 Å². The molecule has 11 heteroatoms. The molecule has 202 valence electrons. The summed E-state index contributed by atoms with van der Waals surface area (Å²) in [6, 6.07) is 17.7. The van der Waals surface area contributed by atoms with Crippen LogP contribution in [0.4, 0.5) is 5.69 Å². The van der Waals surface area contributed by atoms with E-state index in [1.54, 1.807) is 67.9 Å². The molecular formula is C29H24N4O6S. The number of hydrogen-bond acceptors (Lipinski definition) is 8. The average Bonchev–Trinajstić information content (AvgIpc) is 3.38. The fraction of sp³-hybridized carbons (Fsp3) is 0.138. The molecule has 0 saturated carbocycles. The van der Waals surface area contributed by atoms with Gasteiger partial charge in [0, 0.05) is 46.7 Å². The number of carbonyl (C=O) groups is 1. The molecule has 1 unspecified atom stereocenters. The van der Waals surface area contributed by atoms with Crippen molar-refractivity contribution in [3.8, 4) is 22.6 Å². The first-order valence-corrected chi connectivity index (χ1v) is 13.5. The highest BCUT2D eigenvalue weighted by atomic mass is 32.2. The van der Waals surface area contributed by atoms with Crippen LogP contribution in [-0.4, -0.2) is 37.5 Å². The van der Waals surface area contributed by atoms with Crippen LogP contribution in [0.1, 0.15) is 27.2 Å². The van der Waals surface area contributed by atoms with E-state index in [4.69, 9.17) is 9.47 Å². The number of carbonyl (C=O) groups excluding carboxylic acids is 1. The number of hydrogen-bond donors (Lipinski definition) is 1. The van der Waals surface area contributed by atoms with Crippen molar-refractivity contribution in [2.75, 3.05) is 7.11 Å². The van der Waals surface area contributed by atoms with Gasteiger partial charge >= 0.3 is 11.1 Å². The summed E-state index contributed by atoms with van der Waals surface area (Å²) in [7, 11) is 1.59. The lowest BCUT2D eigenvalue weighted by Crippen LogP contribution is -2.10. The SMILES string of the molecule is COc1c(C)cnc(C[S+]([O-])c2nc3cc(OC(=O)c4ccccc4-c4cccc([N+](=O)[O-])c4)ccc3[nH]2)c1C. The van der Waals surface area contributed by atoms with Crippen LogP contribution in [-0.2, 0) is 16.9 Å². The van der Waals surface area contributed by atoms with Gasteiger partial charge in [-0.1, -0.05) is 30.3 Å². The van der Waals surface area contributed by atoms with Gasteiger partial charge in [0.25, 0.3) is 5.69 Å². The van der Waals surface area contributed by atoms with Crippen molar-refractivity contribution in [2.45, 2.75) is 24.8 Å². The van der Waals surface area contributed by atoms with Gasteiger partial charge in [0.2, 0.25) is 0 Å². The maximum absolute atomic E-state index is 13.1. The standard InChI is InChI=1S/C29H24N4O6S/c1-17-15-30-26(18(2)27(17)38-3)16-40(37)29-31-24-12-11-21(14-25(24)32-29)39-28(34)23-10-5-4-9-22(23)19-7-6-8-20(13-19)33(35)36/h4-15H,16H2,1-3H3,(H,31,32). The molecule has 1 atom stereocenters. The summed E-state index contributed by atoms with van der Waals surface area (Å²) >= 11 is -1.51. The number of imidazole rings is 1. The van der Waals surface area contributed by atoms with E-state index in [-0.39, 0.29) is 27.9 Å². The Morgan fingerprint density at radius 3 is 2.65 bits per heavy atom. The number of pyridine rings is 1. The van der Waals surface area contributed by atoms with Gasteiger partial charge in [-0.2, -0.15) is 4.98 Å². The molecule has 2 heterocycles. The van der Waals surface area contributed by atoms with Crippen LogP contribution in [0.25, 0.3) is 22.2 Å². The number of ether oxygens (including phenoxy) is 2. The van der Waals surface area contributed by atoms with Crippen LogP contribution >= 0.6 is 0 Å². The number of H-pyrrole nitrogens is 1. The zero-order valence-electron chi connectivity index (χ0n) is 21.8. The number of aryl methyl sites for hydroxylation is 1. The number of non-ortho nitro benzene ring substituents is 1. The van der Waals surface area contributed by atoms with Crippen molar-refractivity contribution in [3.05, 3.63) is 105 Å². The summed E-state index contributed by atoms with van der Waals surface area (Å²) in [6.45, 7) is 3.78. The van der Waals surface area contributed by atoms with Gasteiger partial charge in [-0.05, 0) is 43.2 Å². The van der Waals surface area contributed by atoms with E-state index in [0.29, 0.717) is 33.6 Å². The number of nitro benzene ring substituents is 1. The van der Waals surface area contributed by atoms with Gasteiger partial charge in [0.05, 0.1) is 34.3 Å². The van der Waals surface area contributed by atoms with Gasteiger partial charge in [-0.15, -0.1) is 0 Å². The van der Waals surface area contributed by atoms with E-state index < -0.39 is 22.1 Å². The molecule has 0 spiro atoms. The minimum absolute atomic E-state index is 0.0784. The van der Waals surface area contributed by atoms with Crippen molar-refractivity contribution < 1.29 is 23.7 Å². The molecule has 5 aromatic rings. The predicted octanol–water partition coefficient (Wildman–Crippen LogP) is 5.69. The fourth-order valence-electron chi connectivity index (χ4n) is 4.40. The maximum atomic E-state index is 13.1. The number of aromatic amines is 1. The maximum Gasteiger partial charge on any atom is 0.344 e. The Morgan fingerprint density at radius 2 is 1.88 bits per heavy atom. The Kier molecular flexibility index (Phi) is 7.50. The summed E-state index contributed by atoms with van der Waals surface area (Å²) in [4.78, 5) is 35.8. The molecule has 0 bridgehead atoms. The Labute approximate surface area is 232 Å². The van der Waals surface area contributed by atoms with Crippen LogP contribution in [0.2, 0.25) is 0 Å². The number of methoxy groups -OCH3 is 1. The lowest BCUT2D eigenvalue weighted by molar-refractivity contribution is -0.384. The number of rotatable bonds is 8. The summed E-state index contributed by atoms with van der Waals surface area (Å²) in [5.74, 6) is 0.482. The number of fused-ring (bicyclic) bond motifs is 1. The lowest BCUT2D eigenvalue weighted by atomic mass is 9.99. The van der Waals surface area contributed by atoms with E-state index in [1.807, 2.05) is 13.8 Å². The van der Waals surface area contributed by atoms with E-state index in [1.165, 1.54) is 12.1 Å². The first kappa shape index (κ1) is 26.9. The molecule has 0 fully saturated rings. The monoisotopic (exact) mass is 556 g/mol. The second-order valence-electron chi connectivity index (χ2n) is 9.00. The van der Waals surface area contributed by atoms with Gasteiger partial charge < -0.3 is 14.0 Å². The van der Waals surface area contributed by atoms with Gasteiger partial charge in [0.1, 0.15) is 11.5 Å². The largest absolute Gasteiger partial charge is 0.609 e. The zero-order valence-corrected chi connectivity index (χ0v) is 22.7. The molecule has 0 aliphatic carbocycles. The molecule has 10 nitrogen and oxygen atoms in total. The highest BCUT2D eigenvalue weighted by molar-refractivity contribution is 7.90. The molecule has 0 amide bonds. The Balaban J connectivity index is 1.37. The van der Waals surface area contributed by atoms with Crippen molar-refractivity contribution in [3.63, 3.8) is 0 Å². The third-order valence-corrected chi connectivity index (χ3v) is 7.55. The van der Waals surface area contributed by atoms with Crippen molar-refractivity contribution in [2.24, 2.45) is 0 Å². The van der Waals surface area contributed by atoms with E-state index >= 15 is 0 Å². The normalized spacial score (nSPS) is 11.8. The molecule has 40 heavy (non-hydrogen) atoms. The van der Waals surface area contributed by atoms with Crippen LogP contribution in [0.15, 0.2) is 78.1 Å². The van der Waals surface area contributed by atoms with Gasteiger partial charge in [-0.3, -0.25) is 20.1 Å². The molecular weight excluding hydrogens is 532 g/mol.